The molecule has 2 aromatic rings. The lowest BCUT2D eigenvalue weighted by molar-refractivity contribution is 0.415. The van der Waals surface area contributed by atoms with Crippen molar-refractivity contribution in [2.75, 3.05) is 12.4 Å². The number of ether oxygens (including phenoxy) is 1. The molecule has 1 aliphatic heterocycles. The normalized spacial score (nSPS) is 13.0. The lowest BCUT2D eigenvalue weighted by Gasteiger charge is -2.19. The SMILES string of the molecule is COc1cc(Br)cc2c1N=C(Nc1ccccc1F)NS2. The van der Waals surface area contributed by atoms with E-state index in [1.807, 2.05) is 12.1 Å². The number of anilines is 1. The standard InChI is InChI=1S/C14H11BrFN3OS/c1-20-11-6-8(15)7-12-13(11)18-14(19-21-12)17-10-5-3-2-4-9(10)16/h2-7H,1H3,(H2,17,18,19). The Kier molecular flexibility index (Phi) is 4.03. The highest BCUT2D eigenvalue weighted by Gasteiger charge is 2.18. The highest BCUT2D eigenvalue weighted by Crippen LogP contribution is 2.41. The third-order valence-electron chi connectivity index (χ3n) is 2.83. The van der Waals surface area contributed by atoms with Crippen LogP contribution in [0.4, 0.5) is 15.8 Å². The van der Waals surface area contributed by atoms with Crippen LogP contribution in [0.25, 0.3) is 0 Å². The highest BCUT2D eigenvalue weighted by atomic mass is 79.9. The number of hydrogen-bond donors (Lipinski definition) is 2. The zero-order valence-corrected chi connectivity index (χ0v) is 13.4. The highest BCUT2D eigenvalue weighted by molar-refractivity contribution is 9.10. The third-order valence-corrected chi connectivity index (χ3v) is 4.12. The number of benzene rings is 2. The van der Waals surface area contributed by atoms with E-state index in [2.05, 4.69) is 31.0 Å². The second-order valence-electron chi connectivity index (χ2n) is 4.22. The summed E-state index contributed by atoms with van der Waals surface area (Å²) in [7, 11) is 1.59. The van der Waals surface area contributed by atoms with Crippen LogP contribution in [0.2, 0.25) is 0 Å². The van der Waals surface area contributed by atoms with Crippen molar-refractivity contribution in [3.63, 3.8) is 0 Å². The van der Waals surface area contributed by atoms with Crippen molar-refractivity contribution >= 4 is 45.2 Å². The predicted octanol–water partition coefficient (Wildman–Crippen LogP) is 4.31. The minimum atomic E-state index is -0.333. The molecular formula is C14H11BrFN3OS. The number of nitrogens with zero attached hydrogens (tertiary/aromatic N) is 1. The second kappa shape index (κ2) is 5.95. The molecule has 0 saturated heterocycles. The van der Waals surface area contributed by atoms with Gasteiger partial charge < -0.3 is 10.1 Å². The van der Waals surface area contributed by atoms with E-state index in [9.17, 15) is 4.39 Å². The fourth-order valence-corrected chi connectivity index (χ4v) is 3.20. The second-order valence-corrected chi connectivity index (χ2v) is 5.99. The minimum absolute atomic E-state index is 0.333. The summed E-state index contributed by atoms with van der Waals surface area (Å²) < 4.78 is 22.9. The molecule has 108 valence electrons. The van der Waals surface area contributed by atoms with Crippen molar-refractivity contribution in [2.24, 2.45) is 4.99 Å². The van der Waals surface area contributed by atoms with E-state index in [0.717, 1.165) is 9.37 Å². The zero-order chi connectivity index (χ0) is 14.8. The molecule has 0 saturated carbocycles. The largest absolute Gasteiger partial charge is 0.494 e. The van der Waals surface area contributed by atoms with Gasteiger partial charge in [-0.1, -0.05) is 28.1 Å². The quantitative estimate of drug-likeness (QED) is 0.776. The topological polar surface area (TPSA) is 45.6 Å². The van der Waals surface area contributed by atoms with Gasteiger partial charge in [0.05, 0.1) is 17.7 Å². The molecule has 1 aliphatic rings. The van der Waals surface area contributed by atoms with Gasteiger partial charge in [0, 0.05) is 4.47 Å². The van der Waals surface area contributed by atoms with Crippen LogP contribution in [0.1, 0.15) is 0 Å². The molecule has 2 N–H and O–H groups in total. The first-order valence-corrected chi connectivity index (χ1v) is 7.69. The number of halogens is 2. The van der Waals surface area contributed by atoms with Crippen LogP contribution in [0.15, 0.2) is 50.8 Å². The first-order chi connectivity index (χ1) is 10.2. The average molecular weight is 368 g/mol. The van der Waals surface area contributed by atoms with Crippen molar-refractivity contribution in [2.45, 2.75) is 4.90 Å². The van der Waals surface area contributed by atoms with Crippen LogP contribution in [-0.4, -0.2) is 13.1 Å². The first kappa shape index (κ1) is 14.2. The molecule has 0 aliphatic carbocycles. The lowest BCUT2D eigenvalue weighted by atomic mass is 10.3. The Balaban J connectivity index is 1.95. The minimum Gasteiger partial charge on any atom is -0.494 e. The summed E-state index contributed by atoms with van der Waals surface area (Å²) in [5.74, 6) is 0.778. The molecule has 21 heavy (non-hydrogen) atoms. The number of guanidine groups is 1. The van der Waals surface area contributed by atoms with Crippen molar-refractivity contribution in [1.29, 1.82) is 0 Å². The Morgan fingerprint density at radius 3 is 2.90 bits per heavy atom. The van der Waals surface area contributed by atoms with Crippen LogP contribution in [0.3, 0.4) is 0 Å². The van der Waals surface area contributed by atoms with E-state index in [1.54, 1.807) is 25.3 Å². The molecule has 0 atom stereocenters. The Morgan fingerprint density at radius 2 is 2.14 bits per heavy atom. The average Bonchev–Trinajstić information content (AvgIpc) is 2.49. The fraction of sp³-hybridized carbons (Fsp3) is 0.0714. The van der Waals surface area contributed by atoms with Gasteiger partial charge in [-0.25, -0.2) is 9.38 Å². The smallest absolute Gasteiger partial charge is 0.211 e. The van der Waals surface area contributed by atoms with Gasteiger partial charge in [0.15, 0.2) is 0 Å². The van der Waals surface area contributed by atoms with E-state index in [-0.39, 0.29) is 5.82 Å². The molecule has 0 spiro atoms. The summed E-state index contributed by atoms with van der Waals surface area (Å²) in [6.07, 6.45) is 0. The van der Waals surface area contributed by atoms with Gasteiger partial charge in [0.1, 0.15) is 17.3 Å². The monoisotopic (exact) mass is 367 g/mol. The number of rotatable bonds is 2. The maximum atomic E-state index is 13.7. The van der Waals surface area contributed by atoms with Crippen molar-refractivity contribution in [1.82, 2.24) is 4.72 Å². The molecule has 0 fully saturated rings. The summed E-state index contributed by atoms with van der Waals surface area (Å²) in [6.45, 7) is 0. The Hall–Kier alpha value is -1.73. The molecule has 3 rings (SSSR count). The van der Waals surface area contributed by atoms with Gasteiger partial charge in [-0.3, -0.25) is 4.72 Å². The van der Waals surface area contributed by atoms with Crippen molar-refractivity contribution < 1.29 is 9.13 Å². The molecule has 0 unspecified atom stereocenters. The molecule has 4 nitrogen and oxygen atoms in total. The van der Waals surface area contributed by atoms with E-state index in [1.165, 1.54) is 18.0 Å². The van der Waals surface area contributed by atoms with Crippen molar-refractivity contribution in [3.8, 4) is 5.75 Å². The van der Waals surface area contributed by atoms with E-state index in [4.69, 9.17) is 4.74 Å². The van der Waals surface area contributed by atoms with Gasteiger partial charge >= 0.3 is 0 Å². The van der Waals surface area contributed by atoms with Crippen LogP contribution in [0, 0.1) is 5.82 Å². The van der Waals surface area contributed by atoms with Crippen LogP contribution >= 0.6 is 27.9 Å². The Morgan fingerprint density at radius 1 is 1.33 bits per heavy atom. The third kappa shape index (κ3) is 2.98. The number of aliphatic imine (C=N–C) groups is 1. The Labute approximate surface area is 134 Å². The number of fused-ring (bicyclic) bond motifs is 1. The van der Waals surface area contributed by atoms with Crippen LogP contribution < -0.4 is 14.8 Å². The maximum absolute atomic E-state index is 13.7. The van der Waals surface area contributed by atoms with E-state index in [0.29, 0.717) is 23.1 Å². The summed E-state index contributed by atoms with van der Waals surface area (Å²) in [5, 5.41) is 2.93. The summed E-state index contributed by atoms with van der Waals surface area (Å²) >= 11 is 4.82. The summed E-state index contributed by atoms with van der Waals surface area (Å²) in [6, 6.07) is 10.2. The fourth-order valence-electron chi connectivity index (χ4n) is 1.88. The zero-order valence-electron chi connectivity index (χ0n) is 11.0. The molecule has 7 heteroatoms. The number of para-hydroxylation sites is 1. The molecule has 0 bridgehead atoms. The van der Waals surface area contributed by atoms with Crippen LogP contribution in [-0.2, 0) is 0 Å². The van der Waals surface area contributed by atoms with Gasteiger partial charge in [0.25, 0.3) is 0 Å². The lowest BCUT2D eigenvalue weighted by Crippen LogP contribution is -2.27. The first-order valence-electron chi connectivity index (χ1n) is 6.08. The maximum Gasteiger partial charge on any atom is 0.211 e. The predicted molar refractivity (Wildman–Crippen MR) is 86.8 cm³/mol. The number of hydrogen-bond acceptors (Lipinski definition) is 5. The van der Waals surface area contributed by atoms with Gasteiger partial charge in [-0.15, -0.1) is 0 Å². The molecule has 1 heterocycles. The van der Waals surface area contributed by atoms with Gasteiger partial charge in [0.2, 0.25) is 5.96 Å². The molecule has 2 aromatic carbocycles. The number of methoxy groups -OCH3 is 1. The molecule has 0 radical (unpaired) electrons. The van der Waals surface area contributed by atoms with Gasteiger partial charge in [-0.2, -0.15) is 0 Å². The van der Waals surface area contributed by atoms with E-state index >= 15 is 0 Å². The summed E-state index contributed by atoms with van der Waals surface area (Å²) in [4.78, 5) is 5.39. The molecule has 0 amide bonds. The Bertz CT molecular complexity index is 723. The number of nitrogens with one attached hydrogen (secondary N) is 2. The summed E-state index contributed by atoms with van der Waals surface area (Å²) in [5.41, 5.74) is 1.08. The molecular weight excluding hydrogens is 357 g/mol. The molecule has 0 aromatic heterocycles. The van der Waals surface area contributed by atoms with Crippen LogP contribution in [0.5, 0.6) is 5.75 Å². The van der Waals surface area contributed by atoms with E-state index < -0.39 is 0 Å². The van der Waals surface area contributed by atoms with Crippen molar-refractivity contribution in [3.05, 3.63) is 46.7 Å². The van der Waals surface area contributed by atoms with Gasteiger partial charge in [-0.05, 0) is 36.2 Å².